The lowest BCUT2D eigenvalue weighted by Gasteiger charge is -2.18. The van der Waals surface area contributed by atoms with Crippen molar-refractivity contribution in [2.24, 2.45) is 0 Å². The molecule has 0 saturated heterocycles. The van der Waals surface area contributed by atoms with Gasteiger partial charge in [0.05, 0.1) is 36.9 Å². The Labute approximate surface area is 132 Å². The molecule has 0 radical (unpaired) electrons. The van der Waals surface area contributed by atoms with Gasteiger partial charge in [-0.2, -0.15) is 0 Å². The summed E-state index contributed by atoms with van der Waals surface area (Å²) >= 11 is 3.35. The molecule has 0 aromatic heterocycles. The number of ether oxygens (including phenoxy) is 3. The molecule has 0 bridgehead atoms. The van der Waals surface area contributed by atoms with E-state index in [-0.39, 0.29) is 18.6 Å². The number of benzene rings is 1. The molecule has 0 aliphatic heterocycles. The van der Waals surface area contributed by atoms with Gasteiger partial charge in [-0.15, -0.1) is 0 Å². The van der Waals surface area contributed by atoms with Crippen molar-refractivity contribution < 1.29 is 24.1 Å². The largest absolute Gasteiger partial charge is 0.497 e. The second-order valence-electron chi connectivity index (χ2n) is 4.33. The zero-order valence-corrected chi connectivity index (χ0v) is 13.9. The minimum atomic E-state index is -0.318. The van der Waals surface area contributed by atoms with Crippen molar-refractivity contribution in [3.63, 3.8) is 0 Å². The summed E-state index contributed by atoms with van der Waals surface area (Å²) in [6.07, 6.45) is 0.410. The molecule has 0 spiro atoms. The minimum absolute atomic E-state index is 0.0345. The van der Waals surface area contributed by atoms with Gasteiger partial charge in [0.15, 0.2) is 0 Å². The molecule has 6 nitrogen and oxygen atoms in total. The molecule has 0 aliphatic rings. The van der Waals surface area contributed by atoms with E-state index >= 15 is 0 Å². The second-order valence-corrected chi connectivity index (χ2v) is 5.18. The summed E-state index contributed by atoms with van der Waals surface area (Å²) in [5, 5.41) is 11.8. The van der Waals surface area contributed by atoms with E-state index in [1.54, 1.807) is 19.2 Å². The summed E-state index contributed by atoms with van der Waals surface area (Å²) in [6.45, 7) is 0.285. The summed E-state index contributed by atoms with van der Waals surface area (Å²) in [4.78, 5) is 12.4. The van der Waals surface area contributed by atoms with Gasteiger partial charge in [-0.25, -0.2) is 0 Å². The van der Waals surface area contributed by atoms with Crippen LogP contribution < -0.4 is 14.8 Å². The average molecular weight is 362 g/mol. The molecular formula is C14H20BrNO5. The molecule has 1 unspecified atom stereocenters. The number of methoxy groups -OCH3 is 3. The fourth-order valence-electron chi connectivity index (χ4n) is 1.88. The van der Waals surface area contributed by atoms with E-state index < -0.39 is 0 Å². The van der Waals surface area contributed by atoms with Gasteiger partial charge in [0.25, 0.3) is 5.91 Å². The third-order valence-electron chi connectivity index (χ3n) is 2.88. The van der Waals surface area contributed by atoms with Crippen LogP contribution in [0.15, 0.2) is 16.6 Å². The van der Waals surface area contributed by atoms with Crippen molar-refractivity contribution in [1.82, 2.24) is 5.32 Å². The number of hydrogen-bond acceptors (Lipinski definition) is 5. The number of carbonyl (C=O) groups excluding carboxylic acids is 1. The first-order chi connectivity index (χ1) is 10.1. The lowest BCUT2D eigenvalue weighted by molar-refractivity contribution is 0.0875. The zero-order chi connectivity index (χ0) is 15.8. The Hall–Kier alpha value is -1.31. The maximum atomic E-state index is 12.4. The highest BCUT2D eigenvalue weighted by Gasteiger charge is 2.20. The highest BCUT2D eigenvalue weighted by Crippen LogP contribution is 2.33. The number of halogens is 1. The van der Waals surface area contributed by atoms with E-state index in [0.717, 1.165) is 0 Å². The van der Waals surface area contributed by atoms with Crippen LogP contribution in [-0.2, 0) is 4.74 Å². The normalized spacial score (nSPS) is 11.9. The van der Waals surface area contributed by atoms with E-state index in [9.17, 15) is 4.79 Å². The molecule has 1 amide bonds. The molecule has 1 aromatic rings. The van der Waals surface area contributed by atoms with Crippen LogP contribution in [0.25, 0.3) is 0 Å². The topological polar surface area (TPSA) is 77.0 Å². The van der Waals surface area contributed by atoms with Crippen LogP contribution in [0.3, 0.4) is 0 Å². The summed E-state index contributed by atoms with van der Waals surface area (Å²) in [5.74, 6) is 0.647. The molecular weight excluding hydrogens is 342 g/mol. The first kappa shape index (κ1) is 17.7. The third-order valence-corrected chi connectivity index (χ3v) is 3.47. The van der Waals surface area contributed by atoms with Gasteiger partial charge in [-0.1, -0.05) is 0 Å². The Morgan fingerprint density at radius 3 is 2.57 bits per heavy atom. The van der Waals surface area contributed by atoms with Gasteiger partial charge in [-0.05, 0) is 34.5 Å². The predicted octanol–water partition coefficient (Wildman–Crippen LogP) is 1.59. The van der Waals surface area contributed by atoms with Crippen LogP contribution in [0, 0.1) is 0 Å². The molecule has 1 rings (SSSR count). The van der Waals surface area contributed by atoms with Crippen LogP contribution in [0.1, 0.15) is 16.8 Å². The number of amides is 1. The molecule has 2 N–H and O–H groups in total. The van der Waals surface area contributed by atoms with Crippen molar-refractivity contribution in [2.75, 3.05) is 34.5 Å². The van der Waals surface area contributed by atoms with Gasteiger partial charge in [0.2, 0.25) is 0 Å². The van der Waals surface area contributed by atoms with Gasteiger partial charge < -0.3 is 24.6 Å². The summed E-state index contributed by atoms with van der Waals surface area (Å²) in [5.41, 5.74) is 0.350. The summed E-state index contributed by atoms with van der Waals surface area (Å²) in [7, 11) is 4.55. The highest BCUT2D eigenvalue weighted by molar-refractivity contribution is 9.10. The predicted molar refractivity (Wildman–Crippen MR) is 82.1 cm³/mol. The SMILES string of the molecule is COCC(CCO)NC(=O)c1cc(OC)cc(Br)c1OC. The first-order valence-electron chi connectivity index (χ1n) is 6.39. The number of carbonyl (C=O) groups is 1. The Morgan fingerprint density at radius 2 is 2.05 bits per heavy atom. The minimum Gasteiger partial charge on any atom is -0.497 e. The Kier molecular flexibility index (Phi) is 7.49. The Balaban J connectivity index is 3.01. The van der Waals surface area contributed by atoms with Crippen molar-refractivity contribution in [3.05, 3.63) is 22.2 Å². The second kappa shape index (κ2) is 8.86. The summed E-state index contributed by atoms with van der Waals surface area (Å²) in [6, 6.07) is 3.04. The van der Waals surface area contributed by atoms with E-state index in [1.165, 1.54) is 14.2 Å². The van der Waals surface area contributed by atoms with Crippen LogP contribution >= 0.6 is 15.9 Å². The molecule has 1 aromatic carbocycles. The van der Waals surface area contributed by atoms with Crippen LogP contribution in [0.2, 0.25) is 0 Å². The molecule has 1 atom stereocenters. The van der Waals surface area contributed by atoms with Crippen molar-refractivity contribution in [3.8, 4) is 11.5 Å². The van der Waals surface area contributed by atoms with E-state index in [0.29, 0.717) is 34.6 Å². The van der Waals surface area contributed by atoms with E-state index in [1.807, 2.05) is 0 Å². The molecule has 118 valence electrons. The van der Waals surface area contributed by atoms with Crippen LogP contribution in [0.4, 0.5) is 0 Å². The van der Waals surface area contributed by atoms with E-state index in [2.05, 4.69) is 21.2 Å². The third kappa shape index (κ3) is 4.87. The molecule has 0 heterocycles. The van der Waals surface area contributed by atoms with Crippen molar-refractivity contribution in [2.45, 2.75) is 12.5 Å². The number of aliphatic hydroxyl groups is 1. The van der Waals surface area contributed by atoms with E-state index in [4.69, 9.17) is 19.3 Å². The van der Waals surface area contributed by atoms with Gasteiger partial charge in [0.1, 0.15) is 11.5 Å². The molecule has 0 fully saturated rings. The highest BCUT2D eigenvalue weighted by atomic mass is 79.9. The number of hydrogen-bond donors (Lipinski definition) is 2. The number of rotatable bonds is 8. The lowest BCUT2D eigenvalue weighted by atomic mass is 10.1. The van der Waals surface area contributed by atoms with Gasteiger partial charge >= 0.3 is 0 Å². The molecule has 0 aliphatic carbocycles. The van der Waals surface area contributed by atoms with Crippen molar-refractivity contribution in [1.29, 1.82) is 0 Å². The Morgan fingerprint density at radius 1 is 1.33 bits per heavy atom. The average Bonchev–Trinajstić information content (AvgIpc) is 2.46. The summed E-state index contributed by atoms with van der Waals surface area (Å²) < 4.78 is 16.1. The Bertz CT molecular complexity index is 475. The maximum absolute atomic E-state index is 12.4. The monoisotopic (exact) mass is 361 g/mol. The van der Waals surface area contributed by atoms with Crippen LogP contribution in [0.5, 0.6) is 11.5 Å². The number of nitrogens with one attached hydrogen (secondary N) is 1. The smallest absolute Gasteiger partial charge is 0.255 e. The standard InChI is InChI=1S/C14H20BrNO5/c1-19-8-9(4-5-17)16-14(18)11-6-10(20-2)7-12(15)13(11)21-3/h6-7,9,17H,4-5,8H2,1-3H3,(H,16,18). The fraction of sp³-hybridized carbons (Fsp3) is 0.500. The quantitative estimate of drug-likeness (QED) is 0.735. The fourth-order valence-corrected chi connectivity index (χ4v) is 2.48. The molecule has 0 saturated carbocycles. The van der Waals surface area contributed by atoms with Crippen molar-refractivity contribution >= 4 is 21.8 Å². The molecule has 21 heavy (non-hydrogen) atoms. The zero-order valence-electron chi connectivity index (χ0n) is 12.3. The van der Waals surface area contributed by atoms with Gasteiger partial charge in [0, 0.05) is 13.7 Å². The number of aliphatic hydroxyl groups excluding tert-OH is 1. The van der Waals surface area contributed by atoms with Crippen LogP contribution in [-0.4, -0.2) is 51.6 Å². The maximum Gasteiger partial charge on any atom is 0.255 e. The lowest BCUT2D eigenvalue weighted by Crippen LogP contribution is -2.38. The first-order valence-corrected chi connectivity index (χ1v) is 7.18. The molecule has 7 heteroatoms. The van der Waals surface area contributed by atoms with Gasteiger partial charge in [-0.3, -0.25) is 4.79 Å².